The topological polar surface area (TPSA) is 52.6 Å². The molecule has 0 aliphatic heterocycles. The molecule has 0 bridgehead atoms. The Kier molecular flexibility index (Phi) is 5.01. The van der Waals surface area contributed by atoms with Crippen LogP contribution in [-0.4, -0.2) is 35.2 Å². The summed E-state index contributed by atoms with van der Waals surface area (Å²) in [4.78, 5) is 14.0. The highest BCUT2D eigenvalue weighted by atomic mass is 32.1. The van der Waals surface area contributed by atoms with Crippen molar-refractivity contribution in [3.05, 3.63) is 16.8 Å². The molecular formula is C13H20N2O2S. The van der Waals surface area contributed by atoms with Gasteiger partial charge in [0.2, 0.25) is 0 Å². The molecule has 1 aliphatic carbocycles. The predicted molar refractivity (Wildman–Crippen MR) is 74.0 cm³/mol. The van der Waals surface area contributed by atoms with Gasteiger partial charge in [0, 0.05) is 18.0 Å². The summed E-state index contributed by atoms with van der Waals surface area (Å²) >= 11 is 1.56. The van der Waals surface area contributed by atoms with Crippen LogP contribution < -0.4 is 5.32 Å². The summed E-state index contributed by atoms with van der Waals surface area (Å²) < 4.78 is 0. The van der Waals surface area contributed by atoms with Crippen molar-refractivity contribution in [3.8, 4) is 0 Å². The summed E-state index contributed by atoms with van der Waals surface area (Å²) in [6.07, 6.45) is 5.72. The molecule has 2 N–H and O–H groups in total. The summed E-state index contributed by atoms with van der Waals surface area (Å²) in [6.45, 7) is 0.439. The van der Waals surface area contributed by atoms with Crippen LogP contribution in [0.2, 0.25) is 0 Å². The molecule has 0 unspecified atom stereocenters. The van der Waals surface area contributed by atoms with Gasteiger partial charge in [0.25, 0.3) is 0 Å². The van der Waals surface area contributed by atoms with Crippen LogP contribution in [0.25, 0.3) is 0 Å². The zero-order valence-electron chi connectivity index (χ0n) is 10.5. The Balaban J connectivity index is 1.97. The lowest BCUT2D eigenvalue weighted by atomic mass is 9.94. The Morgan fingerprint density at radius 2 is 2.22 bits per heavy atom. The standard InChI is InChI=1S/C13H20N2O2S/c16-8-7-15(12-4-2-1-3-5-12)13(17)14-11-6-9-18-10-11/h6,9-10,12,16H,1-5,7-8H2,(H,14,17). The van der Waals surface area contributed by atoms with Crippen molar-refractivity contribution in [1.82, 2.24) is 4.90 Å². The lowest BCUT2D eigenvalue weighted by Gasteiger charge is -2.33. The van der Waals surface area contributed by atoms with Crippen LogP contribution in [0.4, 0.5) is 10.5 Å². The van der Waals surface area contributed by atoms with Crippen LogP contribution in [-0.2, 0) is 0 Å². The monoisotopic (exact) mass is 268 g/mol. The van der Waals surface area contributed by atoms with E-state index >= 15 is 0 Å². The lowest BCUT2D eigenvalue weighted by Crippen LogP contribution is -2.45. The Morgan fingerprint density at radius 3 is 2.83 bits per heavy atom. The van der Waals surface area contributed by atoms with Crippen molar-refractivity contribution in [2.24, 2.45) is 0 Å². The van der Waals surface area contributed by atoms with E-state index in [1.54, 1.807) is 16.2 Å². The third-order valence-electron chi connectivity index (χ3n) is 3.39. The molecule has 18 heavy (non-hydrogen) atoms. The number of aliphatic hydroxyl groups is 1. The highest BCUT2D eigenvalue weighted by Gasteiger charge is 2.24. The minimum Gasteiger partial charge on any atom is -0.395 e. The van der Waals surface area contributed by atoms with Gasteiger partial charge in [0.15, 0.2) is 0 Å². The Bertz CT molecular complexity index is 361. The SMILES string of the molecule is O=C(Nc1ccsc1)N(CCO)C1CCCCC1. The van der Waals surface area contributed by atoms with Crippen LogP contribution in [0, 0.1) is 0 Å². The minimum atomic E-state index is -0.0886. The fourth-order valence-corrected chi connectivity index (χ4v) is 3.07. The maximum atomic E-state index is 12.2. The van der Waals surface area contributed by atoms with E-state index in [9.17, 15) is 4.79 Å². The smallest absolute Gasteiger partial charge is 0.322 e. The molecule has 2 rings (SSSR count). The maximum absolute atomic E-state index is 12.2. The van der Waals surface area contributed by atoms with E-state index in [0.717, 1.165) is 18.5 Å². The van der Waals surface area contributed by atoms with Gasteiger partial charge >= 0.3 is 6.03 Å². The summed E-state index contributed by atoms with van der Waals surface area (Å²) in [5, 5.41) is 15.9. The van der Waals surface area contributed by atoms with Gasteiger partial charge in [-0.15, -0.1) is 0 Å². The van der Waals surface area contributed by atoms with Crippen LogP contribution in [0.3, 0.4) is 0 Å². The number of nitrogens with zero attached hydrogens (tertiary/aromatic N) is 1. The van der Waals surface area contributed by atoms with E-state index < -0.39 is 0 Å². The zero-order chi connectivity index (χ0) is 12.8. The second-order valence-corrected chi connectivity index (χ2v) is 5.43. The van der Waals surface area contributed by atoms with Crippen molar-refractivity contribution in [3.63, 3.8) is 0 Å². The van der Waals surface area contributed by atoms with Crippen molar-refractivity contribution in [2.75, 3.05) is 18.5 Å². The van der Waals surface area contributed by atoms with E-state index in [1.165, 1.54) is 19.3 Å². The van der Waals surface area contributed by atoms with Gasteiger partial charge < -0.3 is 15.3 Å². The van der Waals surface area contributed by atoms with Gasteiger partial charge in [0.05, 0.1) is 12.3 Å². The normalized spacial score (nSPS) is 16.5. The molecule has 100 valence electrons. The number of carbonyl (C=O) groups is 1. The van der Waals surface area contributed by atoms with Crippen molar-refractivity contribution in [2.45, 2.75) is 38.1 Å². The molecule has 0 spiro atoms. The molecule has 1 aromatic rings. The molecule has 2 amide bonds. The first-order chi connectivity index (χ1) is 8.81. The number of hydrogen-bond acceptors (Lipinski definition) is 3. The molecule has 1 saturated carbocycles. The van der Waals surface area contributed by atoms with Gasteiger partial charge in [-0.25, -0.2) is 4.79 Å². The number of amides is 2. The number of rotatable bonds is 4. The number of nitrogens with one attached hydrogen (secondary N) is 1. The van der Waals surface area contributed by atoms with Gasteiger partial charge in [-0.05, 0) is 24.3 Å². The lowest BCUT2D eigenvalue weighted by molar-refractivity contribution is 0.144. The molecule has 5 heteroatoms. The molecule has 0 aromatic carbocycles. The Morgan fingerprint density at radius 1 is 1.44 bits per heavy atom. The highest BCUT2D eigenvalue weighted by molar-refractivity contribution is 7.08. The van der Waals surface area contributed by atoms with E-state index in [2.05, 4.69) is 5.32 Å². The number of aliphatic hydroxyl groups excluding tert-OH is 1. The molecule has 1 heterocycles. The van der Waals surface area contributed by atoms with Gasteiger partial charge in [-0.1, -0.05) is 19.3 Å². The fraction of sp³-hybridized carbons (Fsp3) is 0.615. The maximum Gasteiger partial charge on any atom is 0.322 e. The number of carbonyl (C=O) groups excluding carboxylic acids is 1. The third kappa shape index (κ3) is 3.46. The highest BCUT2D eigenvalue weighted by Crippen LogP contribution is 2.23. The third-order valence-corrected chi connectivity index (χ3v) is 4.07. The number of hydrogen-bond donors (Lipinski definition) is 2. The van der Waals surface area contributed by atoms with Gasteiger partial charge in [-0.3, -0.25) is 0 Å². The first kappa shape index (κ1) is 13.4. The minimum absolute atomic E-state index is 0.0214. The average molecular weight is 268 g/mol. The number of anilines is 1. The first-order valence-electron chi connectivity index (χ1n) is 6.52. The van der Waals surface area contributed by atoms with Crippen LogP contribution in [0.1, 0.15) is 32.1 Å². The predicted octanol–water partition coefficient (Wildman–Crippen LogP) is 2.91. The van der Waals surface area contributed by atoms with Crippen molar-refractivity contribution < 1.29 is 9.90 Å². The molecule has 0 saturated heterocycles. The second kappa shape index (κ2) is 6.75. The largest absolute Gasteiger partial charge is 0.395 e. The molecule has 0 radical (unpaired) electrons. The number of urea groups is 1. The first-order valence-corrected chi connectivity index (χ1v) is 7.46. The fourth-order valence-electron chi connectivity index (χ4n) is 2.48. The van der Waals surface area contributed by atoms with E-state index in [0.29, 0.717) is 6.54 Å². The van der Waals surface area contributed by atoms with Crippen molar-refractivity contribution >= 4 is 23.1 Å². The van der Waals surface area contributed by atoms with Gasteiger partial charge in [-0.2, -0.15) is 11.3 Å². The van der Waals surface area contributed by atoms with E-state index in [1.807, 2.05) is 16.8 Å². The number of thiophene rings is 1. The van der Waals surface area contributed by atoms with Gasteiger partial charge in [0.1, 0.15) is 0 Å². The van der Waals surface area contributed by atoms with E-state index in [4.69, 9.17) is 5.11 Å². The quantitative estimate of drug-likeness (QED) is 0.882. The van der Waals surface area contributed by atoms with Crippen LogP contribution in [0.15, 0.2) is 16.8 Å². The molecule has 1 fully saturated rings. The molecule has 1 aromatic heterocycles. The Labute approximate surface area is 112 Å². The second-order valence-electron chi connectivity index (χ2n) is 4.65. The molecular weight excluding hydrogens is 248 g/mol. The van der Waals surface area contributed by atoms with E-state index in [-0.39, 0.29) is 18.7 Å². The average Bonchev–Trinajstić information content (AvgIpc) is 2.89. The summed E-state index contributed by atoms with van der Waals surface area (Å²) in [5.41, 5.74) is 0.837. The van der Waals surface area contributed by atoms with Crippen LogP contribution >= 0.6 is 11.3 Å². The summed E-state index contributed by atoms with van der Waals surface area (Å²) in [7, 11) is 0. The Hall–Kier alpha value is -1.07. The summed E-state index contributed by atoms with van der Waals surface area (Å²) in [6, 6.07) is 2.08. The van der Waals surface area contributed by atoms with Crippen molar-refractivity contribution in [1.29, 1.82) is 0 Å². The molecule has 4 nitrogen and oxygen atoms in total. The van der Waals surface area contributed by atoms with Crippen LogP contribution in [0.5, 0.6) is 0 Å². The molecule has 0 atom stereocenters. The molecule has 1 aliphatic rings. The zero-order valence-corrected chi connectivity index (χ0v) is 11.3. The summed E-state index contributed by atoms with van der Waals surface area (Å²) in [5.74, 6) is 0.